The number of imidazole rings is 1. The normalized spacial score (nSPS) is 17.2. The first-order valence-electron chi connectivity index (χ1n) is 12.6. The fraction of sp³-hybridized carbons (Fsp3) is 0.267. The van der Waals surface area contributed by atoms with E-state index in [0.29, 0.717) is 19.7 Å². The molecule has 4 aromatic rings. The Morgan fingerprint density at radius 3 is 2.56 bits per heavy atom. The van der Waals surface area contributed by atoms with Crippen LogP contribution in [0.1, 0.15) is 41.1 Å². The maximum absolute atomic E-state index is 13.3. The van der Waals surface area contributed by atoms with Crippen LogP contribution in [-0.4, -0.2) is 40.4 Å². The van der Waals surface area contributed by atoms with Gasteiger partial charge in [-0.3, -0.25) is 10.1 Å². The molecular formula is C30H30N4O2. The van der Waals surface area contributed by atoms with Crippen LogP contribution in [0.2, 0.25) is 0 Å². The van der Waals surface area contributed by atoms with E-state index in [1.807, 2.05) is 41.4 Å². The van der Waals surface area contributed by atoms with Crippen LogP contribution in [0.4, 0.5) is 0 Å². The zero-order valence-electron chi connectivity index (χ0n) is 20.2. The number of hydrogen-bond acceptors (Lipinski definition) is 4. The standard InChI is InChI=1S/C30H30N4O2/c35-27(34-18-14-30(15-19-34)26-13-7-4-10-23(26)21-36-30)20-33-28(22-8-2-1-3-9-22)24-11-5-6-12-25(24)29-31-16-17-32-29/h1-13,16-17,28,33H,14-15,18-21H2,(H,31,32). The number of amides is 1. The molecule has 182 valence electrons. The van der Waals surface area contributed by atoms with Crippen LogP contribution in [0.3, 0.4) is 0 Å². The molecule has 1 unspecified atom stereocenters. The minimum absolute atomic E-state index is 0.118. The molecule has 0 bridgehead atoms. The molecule has 1 amide bonds. The van der Waals surface area contributed by atoms with Crippen LogP contribution in [0.5, 0.6) is 0 Å². The average molecular weight is 479 g/mol. The summed E-state index contributed by atoms with van der Waals surface area (Å²) in [5, 5.41) is 3.56. The number of benzene rings is 3. The third-order valence-corrected chi connectivity index (χ3v) is 7.55. The van der Waals surface area contributed by atoms with Crippen molar-refractivity contribution in [3.8, 4) is 11.4 Å². The molecule has 2 aliphatic heterocycles. The first-order valence-corrected chi connectivity index (χ1v) is 12.6. The van der Waals surface area contributed by atoms with Gasteiger partial charge in [0.2, 0.25) is 5.91 Å². The van der Waals surface area contributed by atoms with Crippen LogP contribution in [0.25, 0.3) is 11.4 Å². The summed E-state index contributed by atoms with van der Waals surface area (Å²) in [6.45, 7) is 2.33. The van der Waals surface area contributed by atoms with Crippen molar-refractivity contribution in [3.63, 3.8) is 0 Å². The largest absolute Gasteiger partial charge is 0.365 e. The predicted octanol–water partition coefficient (Wildman–Crippen LogP) is 4.80. The van der Waals surface area contributed by atoms with Gasteiger partial charge in [-0.05, 0) is 35.1 Å². The number of fused-ring (bicyclic) bond motifs is 2. The highest BCUT2D eigenvalue weighted by Gasteiger charge is 2.43. The molecule has 6 nitrogen and oxygen atoms in total. The molecule has 6 heteroatoms. The molecule has 6 rings (SSSR count). The van der Waals surface area contributed by atoms with Crippen LogP contribution in [0, 0.1) is 0 Å². The molecule has 36 heavy (non-hydrogen) atoms. The molecule has 0 aliphatic carbocycles. The van der Waals surface area contributed by atoms with E-state index in [0.717, 1.165) is 35.4 Å². The first kappa shape index (κ1) is 22.7. The fourth-order valence-corrected chi connectivity index (χ4v) is 5.65. The highest BCUT2D eigenvalue weighted by Crippen LogP contribution is 2.44. The Hall–Kier alpha value is -3.74. The van der Waals surface area contributed by atoms with Gasteiger partial charge in [0.05, 0.1) is 24.8 Å². The van der Waals surface area contributed by atoms with Crippen molar-refractivity contribution in [1.29, 1.82) is 0 Å². The van der Waals surface area contributed by atoms with E-state index in [1.54, 1.807) is 6.20 Å². The van der Waals surface area contributed by atoms with Gasteiger partial charge >= 0.3 is 0 Å². The second-order valence-corrected chi connectivity index (χ2v) is 9.57. The highest BCUT2D eigenvalue weighted by atomic mass is 16.5. The summed E-state index contributed by atoms with van der Waals surface area (Å²) in [5.41, 5.74) is 5.55. The van der Waals surface area contributed by atoms with E-state index in [-0.39, 0.29) is 24.1 Å². The molecule has 0 radical (unpaired) electrons. The lowest BCUT2D eigenvalue weighted by molar-refractivity contribution is -0.137. The Kier molecular flexibility index (Phi) is 6.13. The number of piperidine rings is 1. The molecule has 1 atom stereocenters. The van der Waals surface area contributed by atoms with Gasteiger partial charge < -0.3 is 14.6 Å². The van der Waals surface area contributed by atoms with E-state index >= 15 is 0 Å². The third kappa shape index (κ3) is 4.23. The number of rotatable bonds is 6. The number of H-pyrrole nitrogens is 1. The summed E-state index contributed by atoms with van der Waals surface area (Å²) in [6.07, 6.45) is 5.25. The molecule has 3 aromatic carbocycles. The number of aromatic nitrogens is 2. The van der Waals surface area contributed by atoms with E-state index < -0.39 is 0 Å². The van der Waals surface area contributed by atoms with E-state index in [2.05, 4.69) is 63.8 Å². The van der Waals surface area contributed by atoms with Crippen LogP contribution < -0.4 is 5.32 Å². The van der Waals surface area contributed by atoms with Crippen LogP contribution in [-0.2, 0) is 21.7 Å². The van der Waals surface area contributed by atoms with Gasteiger partial charge in [-0.15, -0.1) is 0 Å². The van der Waals surface area contributed by atoms with Crippen molar-refractivity contribution in [2.45, 2.75) is 31.1 Å². The Bertz CT molecular complexity index is 1330. The molecule has 2 aliphatic rings. The Balaban J connectivity index is 1.18. The van der Waals surface area contributed by atoms with Gasteiger partial charge in [0, 0.05) is 31.0 Å². The lowest BCUT2D eigenvalue weighted by Crippen LogP contribution is -2.48. The van der Waals surface area contributed by atoms with Crippen molar-refractivity contribution in [2.24, 2.45) is 0 Å². The summed E-state index contributed by atoms with van der Waals surface area (Å²) < 4.78 is 6.28. The molecule has 2 N–H and O–H groups in total. The minimum atomic E-state index is -0.241. The monoisotopic (exact) mass is 478 g/mol. The molecule has 0 saturated carbocycles. The number of nitrogens with zero attached hydrogens (tertiary/aromatic N) is 2. The van der Waals surface area contributed by atoms with Gasteiger partial charge in [-0.25, -0.2) is 4.98 Å². The first-order chi connectivity index (χ1) is 17.7. The maximum Gasteiger partial charge on any atom is 0.236 e. The maximum atomic E-state index is 13.3. The smallest absolute Gasteiger partial charge is 0.236 e. The number of carbonyl (C=O) groups is 1. The second kappa shape index (κ2) is 9.72. The number of ether oxygens (including phenoxy) is 1. The van der Waals surface area contributed by atoms with E-state index in [1.165, 1.54) is 11.1 Å². The van der Waals surface area contributed by atoms with Crippen molar-refractivity contribution in [1.82, 2.24) is 20.2 Å². The highest BCUT2D eigenvalue weighted by molar-refractivity contribution is 5.78. The summed E-state index contributed by atoms with van der Waals surface area (Å²) in [7, 11) is 0. The molecule has 1 fully saturated rings. The van der Waals surface area contributed by atoms with Crippen LogP contribution >= 0.6 is 0 Å². The van der Waals surface area contributed by atoms with Crippen molar-refractivity contribution in [3.05, 3.63) is 114 Å². The van der Waals surface area contributed by atoms with Crippen molar-refractivity contribution < 1.29 is 9.53 Å². The fourth-order valence-electron chi connectivity index (χ4n) is 5.65. The van der Waals surface area contributed by atoms with E-state index in [4.69, 9.17) is 4.74 Å². The molecule has 3 heterocycles. The van der Waals surface area contributed by atoms with Gasteiger partial charge in [0.1, 0.15) is 5.82 Å². The zero-order valence-corrected chi connectivity index (χ0v) is 20.2. The van der Waals surface area contributed by atoms with Gasteiger partial charge in [0.25, 0.3) is 0 Å². The van der Waals surface area contributed by atoms with Crippen molar-refractivity contribution >= 4 is 5.91 Å². The van der Waals surface area contributed by atoms with Gasteiger partial charge in [-0.2, -0.15) is 0 Å². The zero-order chi connectivity index (χ0) is 24.4. The number of aromatic amines is 1. The molecule has 1 spiro atoms. The number of carbonyl (C=O) groups excluding carboxylic acids is 1. The third-order valence-electron chi connectivity index (χ3n) is 7.55. The average Bonchev–Trinajstić information content (AvgIpc) is 3.60. The number of hydrogen-bond donors (Lipinski definition) is 2. The molecular weight excluding hydrogens is 448 g/mol. The summed E-state index contributed by atoms with van der Waals surface area (Å²) in [6, 6.07) is 26.8. The summed E-state index contributed by atoms with van der Waals surface area (Å²) in [5.74, 6) is 0.936. The van der Waals surface area contributed by atoms with Crippen LogP contribution in [0.15, 0.2) is 91.3 Å². The quantitative estimate of drug-likeness (QED) is 0.418. The second-order valence-electron chi connectivity index (χ2n) is 9.57. The minimum Gasteiger partial charge on any atom is -0.365 e. The summed E-state index contributed by atoms with van der Waals surface area (Å²) >= 11 is 0. The molecule has 1 aromatic heterocycles. The Labute approximate surface area is 211 Å². The lowest BCUT2D eigenvalue weighted by atomic mass is 9.84. The summed E-state index contributed by atoms with van der Waals surface area (Å²) in [4.78, 5) is 23.0. The molecule has 1 saturated heterocycles. The van der Waals surface area contributed by atoms with E-state index in [9.17, 15) is 4.79 Å². The topological polar surface area (TPSA) is 70.2 Å². The predicted molar refractivity (Wildman–Crippen MR) is 139 cm³/mol. The Morgan fingerprint density at radius 2 is 1.75 bits per heavy atom. The van der Waals surface area contributed by atoms with Gasteiger partial charge in [0.15, 0.2) is 0 Å². The van der Waals surface area contributed by atoms with Gasteiger partial charge in [-0.1, -0.05) is 78.9 Å². The van der Waals surface area contributed by atoms with Crippen molar-refractivity contribution in [2.75, 3.05) is 19.6 Å². The lowest BCUT2D eigenvalue weighted by Gasteiger charge is -2.39. The number of nitrogens with one attached hydrogen (secondary N) is 2. The SMILES string of the molecule is O=C(CNC(c1ccccc1)c1ccccc1-c1ncc[nH]1)N1CCC2(CC1)OCc1ccccc12. The Morgan fingerprint density at radius 1 is 1.00 bits per heavy atom. The number of likely N-dealkylation sites (tertiary alicyclic amines) is 1.